The number of hydrogen-bond acceptors (Lipinski definition) is 7. The molecule has 12 heteroatoms. The number of benzene rings is 3. The number of halogens is 1. The Bertz CT molecular complexity index is 1500. The minimum absolute atomic E-state index is 0.0552. The summed E-state index contributed by atoms with van der Waals surface area (Å²) in [6.45, 7) is -0.415. The molecule has 0 atom stereocenters. The third-order valence-corrected chi connectivity index (χ3v) is 6.07. The van der Waals surface area contributed by atoms with Crippen LogP contribution in [0.2, 0.25) is 5.02 Å². The molecule has 11 nitrogen and oxygen atoms in total. The van der Waals surface area contributed by atoms with Crippen LogP contribution in [0.3, 0.4) is 0 Å². The maximum absolute atomic E-state index is 12.9. The average molecular weight is 566 g/mol. The number of aromatic carboxylic acids is 1. The third kappa shape index (κ3) is 6.33. The number of urea groups is 1. The van der Waals surface area contributed by atoms with Gasteiger partial charge in [-0.1, -0.05) is 35.9 Å². The first-order valence-electron chi connectivity index (χ1n) is 11.8. The molecule has 1 fully saturated rings. The molecule has 0 saturated carbocycles. The molecule has 4 rings (SSSR count). The highest BCUT2D eigenvalue weighted by Gasteiger charge is 2.35. The van der Waals surface area contributed by atoms with E-state index in [1.54, 1.807) is 42.5 Å². The molecule has 1 heterocycles. The first-order valence-corrected chi connectivity index (χ1v) is 12.2. The van der Waals surface area contributed by atoms with Gasteiger partial charge < -0.3 is 30.0 Å². The maximum atomic E-state index is 12.9. The largest absolute Gasteiger partial charge is 0.495 e. The van der Waals surface area contributed by atoms with Crippen molar-refractivity contribution in [1.82, 2.24) is 10.2 Å². The molecular weight excluding hydrogens is 542 g/mol. The van der Waals surface area contributed by atoms with Gasteiger partial charge in [0.1, 0.15) is 24.6 Å². The van der Waals surface area contributed by atoms with Crippen LogP contribution in [0.15, 0.2) is 66.4 Å². The van der Waals surface area contributed by atoms with Crippen LogP contribution in [0, 0.1) is 0 Å². The van der Waals surface area contributed by atoms with Crippen LogP contribution in [0.25, 0.3) is 6.08 Å². The molecule has 3 aromatic rings. The van der Waals surface area contributed by atoms with Gasteiger partial charge in [-0.15, -0.1) is 0 Å². The quantitative estimate of drug-likeness (QED) is 0.245. The zero-order chi connectivity index (χ0) is 28.8. The average Bonchev–Trinajstić information content (AvgIpc) is 3.19. The van der Waals surface area contributed by atoms with E-state index < -0.39 is 30.4 Å². The van der Waals surface area contributed by atoms with Crippen LogP contribution >= 0.6 is 11.6 Å². The smallest absolute Gasteiger partial charge is 0.335 e. The molecule has 0 spiro atoms. The molecule has 3 N–H and O–H groups in total. The maximum Gasteiger partial charge on any atom is 0.335 e. The number of rotatable bonds is 10. The number of imide groups is 1. The van der Waals surface area contributed by atoms with Gasteiger partial charge in [0.05, 0.1) is 30.5 Å². The van der Waals surface area contributed by atoms with Crippen LogP contribution in [0.1, 0.15) is 21.5 Å². The van der Waals surface area contributed by atoms with Crippen molar-refractivity contribution in [1.29, 1.82) is 0 Å². The normalized spacial score (nSPS) is 13.7. The van der Waals surface area contributed by atoms with E-state index in [0.29, 0.717) is 22.6 Å². The number of carboxylic acid groups (broad SMARTS) is 1. The molecule has 1 aliphatic heterocycles. The predicted molar refractivity (Wildman–Crippen MR) is 146 cm³/mol. The molecule has 1 aliphatic rings. The molecule has 3 aromatic carbocycles. The summed E-state index contributed by atoms with van der Waals surface area (Å²) in [4.78, 5) is 49.7. The number of nitrogens with one attached hydrogen (secondary N) is 2. The van der Waals surface area contributed by atoms with E-state index in [9.17, 15) is 19.2 Å². The van der Waals surface area contributed by atoms with Crippen molar-refractivity contribution in [3.8, 4) is 17.2 Å². The summed E-state index contributed by atoms with van der Waals surface area (Å²) in [7, 11) is 2.88. The molecule has 4 amide bonds. The molecule has 206 valence electrons. The second kappa shape index (κ2) is 12.2. The molecule has 0 aromatic heterocycles. The fourth-order valence-corrected chi connectivity index (χ4v) is 4.10. The van der Waals surface area contributed by atoms with Crippen LogP contribution in [-0.2, 0) is 16.2 Å². The Morgan fingerprint density at radius 3 is 2.40 bits per heavy atom. The zero-order valence-electron chi connectivity index (χ0n) is 21.4. The van der Waals surface area contributed by atoms with Crippen molar-refractivity contribution >= 4 is 47.2 Å². The number of hydrogen-bond donors (Lipinski definition) is 3. The second-order valence-corrected chi connectivity index (χ2v) is 8.86. The zero-order valence-corrected chi connectivity index (χ0v) is 22.2. The fraction of sp³-hybridized carbons (Fsp3) is 0.143. The fourth-order valence-electron chi connectivity index (χ4n) is 3.83. The SMILES string of the molecule is COc1ccccc1NC(=O)CN1C(=O)NC(=Cc2cc(Cl)c(OCc3ccc(C(=O)O)cc3)c(OC)c2)C1=O. The molecule has 1 saturated heterocycles. The molecule has 0 bridgehead atoms. The van der Waals surface area contributed by atoms with Gasteiger partial charge in [0, 0.05) is 0 Å². The van der Waals surface area contributed by atoms with Crippen molar-refractivity contribution in [2.45, 2.75) is 6.61 Å². The lowest BCUT2D eigenvalue weighted by molar-refractivity contribution is -0.127. The van der Waals surface area contributed by atoms with E-state index in [2.05, 4.69) is 10.6 Å². The Morgan fingerprint density at radius 1 is 1.02 bits per heavy atom. The van der Waals surface area contributed by atoms with Crippen LogP contribution < -0.4 is 24.8 Å². The summed E-state index contributed by atoms with van der Waals surface area (Å²) in [5.74, 6) is -1.36. The lowest BCUT2D eigenvalue weighted by Gasteiger charge is -2.14. The van der Waals surface area contributed by atoms with Gasteiger partial charge in [0.15, 0.2) is 11.5 Å². The van der Waals surface area contributed by atoms with Gasteiger partial charge in [-0.3, -0.25) is 9.59 Å². The van der Waals surface area contributed by atoms with E-state index >= 15 is 0 Å². The molecule has 40 heavy (non-hydrogen) atoms. The number of methoxy groups -OCH3 is 2. The second-order valence-electron chi connectivity index (χ2n) is 8.45. The van der Waals surface area contributed by atoms with E-state index in [4.69, 9.17) is 30.9 Å². The lowest BCUT2D eigenvalue weighted by atomic mass is 10.1. The Labute approximate surface area is 233 Å². The van der Waals surface area contributed by atoms with Crippen LogP contribution in [-0.4, -0.2) is 54.6 Å². The Hall–Kier alpha value is -5.03. The van der Waals surface area contributed by atoms with Crippen molar-refractivity contribution in [3.63, 3.8) is 0 Å². The van der Waals surface area contributed by atoms with Crippen molar-refractivity contribution in [3.05, 3.63) is 88.1 Å². The van der Waals surface area contributed by atoms with E-state index in [1.807, 2.05) is 0 Å². The summed E-state index contributed by atoms with van der Waals surface area (Å²) in [5, 5.41) is 14.3. The van der Waals surface area contributed by atoms with Gasteiger partial charge in [0.2, 0.25) is 5.91 Å². The monoisotopic (exact) mass is 565 g/mol. The van der Waals surface area contributed by atoms with Gasteiger partial charge in [0.25, 0.3) is 5.91 Å². The number of anilines is 1. The summed E-state index contributed by atoms with van der Waals surface area (Å²) in [5.41, 5.74) is 1.65. The topological polar surface area (TPSA) is 144 Å². The Kier molecular flexibility index (Phi) is 8.55. The number of para-hydroxylation sites is 2. The number of ether oxygens (including phenoxy) is 3. The third-order valence-electron chi connectivity index (χ3n) is 5.79. The van der Waals surface area contributed by atoms with E-state index in [-0.39, 0.29) is 34.4 Å². The highest BCUT2D eigenvalue weighted by molar-refractivity contribution is 6.32. The minimum Gasteiger partial charge on any atom is -0.495 e. The van der Waals surface area contributed by atoms with Crippen LogP contribution in [0.4, 0.5) is 10.5 Å². The lowest BCUT2D eigenvalue weighted by Crippen LogP contribution is -2.38. The van der Waals surface area contributed by atoms with Gasteiger partial charge in [-0.2, -0.15) is 0 Å². The standard InChI is InChI=1S/C28H24ClN3O8/c1-38-22-6-4-3-5-20(22)30-24(33)14-32-26(34)21(31-28(32)37)12-17-11-19(29)25(23(13-17)39-2)40-15-16-7-9-18(10-8-16)27(35)36/h3-13H,14-15H2,1-2H3,(H,30,33)(H,31,37)(H,35,36). The van der Waals surface area contributed by atoms with Crippen molar-refractivity contribution in [2.24, 2.45) is 0 Å². The van der Waals surface area contributed by atoms with E-state index in [0.717, 1.165) is 4.90 Å². The summed E-state index contributed by atoms with van der Waals surface area (Å²) in [6, 6.07) is 15.3. The first-order chi connectivity index (χ1) is 19.2. The van der Waals surface area contributed by atoms with Gasteiger partial charge in [-0.25, -0.2) is 14.5 Å². The first kappa shape index (κ1) is 28.0. The van der Waals surface area contributed by atoms with Gasteiger partial charge >= 0.3 is 12.0 Å². The van der Waals surface area contributed by atoms with E-state index in [1.165, 1.54) is 38.5 Å². The predicted octanol–water partition coefficient (Wildman–Crippen LogP) is 4.17. The Morgan fingerprint density at radius 2 is 1.73 bits per heavy atom. The minimum atomic E-state index is -1.03. The molecular formula is C28H24ClN3O8. The van der Waals surface area contributed by atoms with Crippen LogP contribution in [0.5, 0.6) is 17.2 Å². The molecule has 0 aliphatic carbocycles. The number of amides is 4. The summed E-state index contributed by atoms with van der Waals surface area (Å²) in [6.07, 6.45) is 1.40. The number of carbonyl (C=O) groups excluding carboxylic acids is 3. The highest BCUT2D eigenvalue weighted by Crippen LogP contribution is 2.37. The summed E-state index contributed by atoms with van der Waals surface area (Å²) < 4.78 is 16.4. The number of carboxylic acids is 1. The van der Waals surface area contributed by atoms with Gasteiger partial charge in [-0.05, 0) is 53.6 Å². The van der Waals surface area contributed by atoms with Crippen molar-refractivity contribution < 1.29 is 38.5 Å². The number of carbonyl (C=O) groups is 4. The highest BCUT2D eigenvalue weighted by atomic mass is 35.5. The summed E-state index contributed by atoms with van der Waals surface area (Å²) >= 11 is 6.44. The van der Waals surface area contributed by atoms with Crippen molar-refractivity contribution in [2.75, 3.05) is 26.1 Å². The Balaban J connectivity index is 1.46. The number of nitrogens with zero attached hydrogens (tertiary/aromatic N) is 1. The molecule has 0 unspecified atom stereocenters. The molecule has 0 radical (unpaired) electrons.